The van der Waals surface area contributed by atoms with Crippen molar-refractivity contribution in [2.75, 3.05) is 12.4 Å². The van der Waals surface area contributed by atoms with Gasteiger partial charge in [-0.05, 0) is 37.2 Å². The maximum Gasteiger partial charge on any atom is 0.234 e. The Morgan fingerprint density at radius 1 is 1.61 bits per heavy atom. The van der Waals surface area contributed by atoms with E-state index in [9.17, 15) is 9.59 Å². The molecule has 0 spiro atoms. The zero-order chi connectivity index (χ0) is 13.3. The second-order valence-electron chi connectivity index (χ2n) is 4.25. The number of carbonyl (C=O) groups is 2. The van der Waals surface area contributed by atoms with Crippen molar-refractivity contribution in [3.05, 3.63) is 28.8 Å². The van der Waals surface area contributed by atoms with Crippen LogP contribution < -0.4 is 16.4 Å². The Bertz CT molecular complexity index is 504. The summed E-state index contributed by atoms with van der Waals surface area (Å²) in [5.74, 6) is -1.00. The standard InChI is InChI=1S/C12H14ClN3O2/c1-15-10(11(14)17)5-8-7-4-6(13)2-3-9(7)16-12(8)18/h2-4,8,10,15H,5H2,1H3,(H2,14,17)(H,16,18)/t8?,10-/m0/s1. The molecular weight excluding hydrogens is 254 g/mol. The number of hydrogen-bond donors (Lipinski definition) is 3. The molecule has 0 bridgehead atoms. The predicted molar refractivity (Wildman–Crippen MR) is 69.5 cm³/mol. The lowest BCUT2D eigenvalue weighted by Crippen LogP contribution is -2.40. The molecule has 2 rings (SSSR count). The third-order valence-electron chi connectivity index (χ3n) is 3.13. The Morgan fingerprint density at radius 2 is 2.33 bits per heavy atom. The predicted octanol–water partition coefficient (Wildman–Crippen LogP) is 0.839. The molecule has 0 saturated carbocycles. The summed E-state index contributed by atoms with van der Waals surface area (Å²) >= 11 is 5.92. The summed E-state index contributed by atoms with van der Waals surface area (Å²) in [6, 6.07) is 4.68. The molecule has 2 atom stereocenters. The molecule has 0 fully saturated rings. The van der Waals surface area contributed by atoms with Crippen molar-refractivity contribution in [3.8, 4) is 0 Å². The molecule has 0 aromatic heterocycles. The summed E-state index contributed by atoms with van der Waals surface area (Å²) in [5, 5.41) is 6.14. The van der Waals surface area contributed by atoms with Gasteiger partial charge in [0.2, 0.25) is 11.8 Å². The molecule has 5 nitrogen and oxygen atoms in total. The van der Waals surface area contributed by atoms with Gasteiger partial charge in [-0.25, -0.2) is 0 Å². The second kappa shape index (κ2) is 4.96. The highest BCUT2D eigenvalue weighted by atomic mass is 35.5. The number of likely N-dealkylation sites (N-methyl/N-ethyl adjacent to an activating group) is 1. The van der Waals surface area contributed by atoms with Crippen LogP contribution in [0.4, 0.5) is 5.69 Å². The van der Waals surface area contributed by atoms with Gasteiger partial charge in [-0.3, -0.25) is 9.59 Å². The average Bonchev–Trinajstić information content (AvgIpc) is 2.61. The first-order valence-corrected chi connectivity index (χ1v) is 5.97. The Morgan fingerprint density at radius 3 is 2.94 bits per heavy atom. The molecule has 1 aromatic rings. The van der Waals surface area contributed by atoms with E-state index in [-0.39, 0.29) is 5.91 Å². The van der Waals surface area contributed by atoms with Gasteiger partial charge in [0.1, 0.15) is 0 Å². The number of hydrogen-bond acceptors (Lipinski definition) is 3. The van der Waals surface area contributed by atoms with Crippen molar-refractivity contribution in [1.29, 1.82) is 0 Å². The van der Waals surface area contributed by atoms with Crippen LogP contribution in [0, 0.1) is 0 Å². The van der Waals surface area contributed by atoms with Gasteiger partial charge in [0, 0.05) is 10.7 Å². The van der Waals surface area contributed by atoms with Crippen molar-refractivity contribution in [3.63, 3.8) is 0 Å². The van der Waals surface area contributed by atoms with Gasteiger partial charge in [-0.1, -0.05) is 11.6 Å². The van der Waals surface area contributed by atoms with Crippen molar-refractivity contribution in [2.24, 2.45) is 5.73 Å². The molecular formula is C12H14ClN3O2. The lowest BCUT2D eigenvalue weighted by molar-refractivity contribution is -0.120. The van der Waals surface area contributed by atoms with Crippen LogP contribution >= 0.6 is 11.6 Å². The van der Waals surface area contributed by atoms with Gasteiger partial charge in [0.05, 0.1) is 12.0 Å². The highest BCUT2D eigenvalue weighted by molar-refractivity contribution is 6.31. The lowest BCUT2D eigenvalue weighted by Gasteiger charge is -2.16. The first-order chi connectivity index (χ1) is 8.52. The fourth-order valence-corrected chi connectivity index (χ4v) is 2.32. The van der Waals surface area contributed by atoms with E-state index < -0.39 is 17.9 Å². The fraction of sp³-hybridized carbons (Fsp3) is 0.333. The maximum atomic E-state index is 11.9. The molecule has 0 saturated heterocycles. The van der Waals surface area contributed by atoms with Gasteiger partial charge < -0.3 is 16.4 Å². The molecule has 18 heavy (non-hydrogen) atoms. The van der Waals surface area contributed by atoms with E-state index in [1.165, 1.54) is 0 Å². The average molecular weight is 268 g/mol. The number of nitrogens with two attached hydrogens (primary N) is 1. The van der Waals surface area contributed by atoms with E-state index in [1.54, 1.807) is 25.2 Å². The quantitative estimate of drug-likeness (QED) is 0.756. The minimum absolute atomic E-state index is 0.131. The van der Waals surface area contributed by atoms with Crippen LogP contribution in [0.3, 0.4) is 0 Å². The number of nitrogens with one attached hydrogen (secondary N) is 2. The minimum Gasteiger partial charge on any atom is -0.368 e. The molecule has 0 radical (unpaired) electrons. The maximum absolute atomic E-state index is 11.9. The zero-order valence-corrected chi connectivity index (χ0v) is 10.6. The summed E-state index contributed by atoms with van der Waals surface area (Å²) < 4.78 is 0. The van der Waals surface area contributed by atoms with Crippen molar-refractivity contribution < 1.29 is 9.59 Å². The van der Waals surface area contributed by atoms with E-state index in [4.69, 9.17) is 17.3 Å². The van der Waals surface area contributed by atoms with Gasteiger partial charge >= 0.3 is 0 Å². The monoisotopic (exact) mass is 267 g/mol. The summed E-state index contributed by atoms with van der Waals surface area (Å²) in [5.41, 5.74) is 6.82. The Balaban J connectivity index is 2.27. The first-order valence-electron chi connectivity index (χ1n) is 5.60. The largest absolute Gasteiger partial charge is 0.368 e. The van der Waals surface area contributed by atoms with Gasteiger partial charge in [0.25, 0.3) is 0 Å². The normalized spacial score (nSPS) is 19.2. The molecule has 1 heterocycles. The Kier molecular flexibility index (Phi) is 3.54. The number of carbonyl (C=O) groups excluding carboxylic acids is 2. The second-order valence-corrected chi connectivity index (χ2v) is 4.69. The van der Waals surface area contributed by atoms with Crippen LogP contribution in [0.15, 0.2) is 18.2 Å². The molecule has 1 aliphatic rings. The van der Waals surface area contributed by atoms with E-state index >= 15 is 0 Å². The number of primary amides is 1. The van der Waals surface area contributed by atoms with Crippen LogP contribution in [0.25, 0.3) is 0 Å². The van der Waals surface area contributed by atoms with Crippen LogP contribution in [0.5, 0.6) is 0 Å². The Hall–Kier alpha value is -1.59. The van der Waals surface area contributed by atoms with Crippen LogP contribution in [0.2, 0.25) is 5.02 Å². The van der Waals surface area contributed by atoms with E-state index in [1.807, 2.05) is 0 Å². The topological polar surface area (TPSA) is 84.2 Å². The van der Waals surface area contributed by atoms with Gasteiger partial charge in [-0.15, -0.1) is 0 Å². The van der Waals surface area contributed by atoms with Gasteiger partial charge in [0.15, 0.2) is 0 Å². The van der Waals surface area contributed by atoms with E-state index in [2.05, 4.69) is 10.6 Å². The molecule has 0 aliphatic carbocycles. The third-order valence-corrected chi connectivity index (χ3v) is 3.36. The summed E-state index contributed by atoms with van der Waals surface area (Å²) in [7, 11) is 1.64. The number of fused-ring (bicyclic) bond motifs is 1. The molecule has 1 aromatic carbocycles. The van der Waals surface area contributed by atoms with E-state index in [0.717, 1.165) is 11.3 Å². The zero-order valence-electron chi connectivity index (χ0n) is 9.87. The molecule has 1 aliphatic heterocycles. The van der Waals surface area contributed by atoms with Gasteiger partial charge in [-0.2, -0.15) is 0 Å². The lowest BCUT2D eigenvalue weighted by atomic mass is 9.93. The fourth-order valence-electron chi connectivity index (χ4n) is 2.14. The summed E-state index contributed by atoms with van der Waals surface area (Å²) in [4.78, 5) is 23.1. The van der Waals surface area contributed by atoms with Crippen LogP contribution in [-0.4, -0.2) is 24.9 Å². The molecule has 1 unspecified atom stereocenters. The molecule has 96 valence electrons. The number of rotatable bonds is 4. The van der Waals surface area contributed by atoms with Crippen LogP contribution in [-0.2, 0) is 9.59 Å². The molecule has 6 heteroatoms. The number of benzene rings is 1. The first kappa shape index (κ1) is 12.9. The summed E-state index contributed by atoms with van der Waals surface area (Å²) in [6.07, 6.45) is 0.324. The third kappa shape index (κ3) is 2.32. The van der Waals surface area contributed by atoms with Crippen molar-refractivity contribution in [1.82, 2.24) is 5.32 Å². The molecule has 2 amide bonds. The number of anilines is 1. The Labute approximate surface area is 110 Å². The summed E-state index contributed by atoms with van der Waals surface area (Å²) in [6.45, 7) is 0. The number of amides is 2. The van der Waals surface area contributed by atoms with Crippen molar-refractivity contribution in [2.45, 2.75) is 18.4 Å². The van der Waals surface area contributed by atoms with Crippen LogP contribution in [0.1, 0.15) is 17.9 Å². The highest BCUT2D eigenvalue weighted by Crippen LogP contribution is 2.36. The van der Waals surface area contributed by atoms with Crippen molar-refractivity contribution >= 4 is 29.1 Å². The highest BCUT2D eigenvalue weighted by Gasteiger charge is 2.33. The molecule has 4 N–H and O–H groups in total. The van der Waals surface area contributed by atoms with E-state index in [0.29, 0.717) is 11.4 Å². The minimum atomic E-state index is -0.536. The smallest absolute Gasteiger partial charge is 0.234 e. The number of halogens is 1. The SMILES string of the molecule is CN[C@@H](CC1C(=O)Nc2ccc(Cl)cc21)C(N)=O.